The van der Waals surface area contributed by atoms with Gasteiger partial charge in [-0.25, -0.2) is 0 Å². The summed E-state index contributed by atoms with van der Waals surface area (Å²) in [6.45, 7) is 1.40. The van der Waals surface area contributed by atoms with E-state index in [0.717, 1.165) is 0 Å². The van der Waals surface area contributed by atoms with Crippen LogP contribution in [0.15, 0.2) is 23.1 Å². The first kappa shape index (κ1) is 12.9. The number of nitrogen functional groups attached to an aromatic ring is 1. The van der Waals surface area contributed by atoms with Crippen LogP contribution in [0.4, 0.5) is 18.9 Å². The van der Waals surface area contributed by atoms with Gasteiger partial charge in [0.15, 0.2) is 0 Å². The highest BCUT2D eigenvalue weighted by molar-refractivity contribution is 8.00. The molecule has 0 bridgehead atoms. The first-order chi connectivity index (χ1) is 7.28. The zero-order valence-electron chi connectivity index (χ0n) is 8.47. The van der Waals surface area contributed by atoms with Gasteiger partial charge in [-0.1, -0.05) is 6.07 Å². The van der Waals surface area contributed by atoms with Gasteiger partial charge in [-0.2, -0.15) is 13.2 Å². The Morgan fingerprint density at radius 1 is 1.44 bits per heavy atom. The molecule has 1 aromatic rings. The number of nitrogens with two attached hydrogens (primary N) is 1. The lowest BCUT2D eigenvalue weighted by Crippen LogP contribution is -2.03. The van der Waals surface area contributed by atoms with Gasteiger partial charge >= 0.3 is 5.51 Å². The molecule has 0 aliphatic carbocycles. The molecule has 2 nitrogen and oxygen atoms in total. The average molecular weight is 249 g/mol. The standard InChI is InChI=1S/C10H10F3NOS/c1-6(15)4-7-2-3-8(5-9(7)14)16-10(11,12)13/h2-3,5H,4,14H2,1H3. The maximum absolute atomic E-state index is 12.1. The van der Waals surface area contributed by atoms with Crippen molar-refractivity contribution >= 4 is 23.2 Å². The van der Waals surface area contributed by atoms with E-state index in [1.54, 1.807) is 0 Å². The number of Topliss-reactive ketones (excluding diaryl/α,β-unsaturated/α-hetero) is 1. The Balaban J connectivity index is 2.87. The number of hydrogen-bond acceptors (Lipinski definition) is 3. The Morgan fingerprint density at radius 2 is 2.06 bits per heavy atom. The van der Waals surface area contributed by atoms with Crippen molar-refractivity contribution in [2.24, 2.45) is 0 Å². The van der Waals surface area contributed by atoms with Crippen LogP contribution >= 0.6 is 11.8 Å². The van der Waals surface area contributed by atoms with Crippen LogP contribution in [0.2, 0.25) is 0 Å². The van der Waals surface area contributed by atoms with Crippen LogP contribution in [0.5, 0.6) is 0 Å². The zero-order chi connectivity index (χ0) is 12.3. The van der Waals surface area contributed by atoms with Crippen LogP contribution in [0.25, 0.3) is 0 Å². The van der Waals surface area contributed by atoms with E-state index in [-0.39, 0.29) is 34.5 Å². The lowest BCUT2D eigenvalue weighted by atomic mass is 10.1. The molecule has 0 spiro atoms. The molecule has 0 unspecified atom stereocenters. The highest BCUT2D eigenvalue weighted by atomic mass is 32.2. The van der Waals surface area contributed by atoms with Gasteiger partial charge in [0.25, 0.3) is 0 Å². The number of anilines is 1. The molecular weight excluding hydrogens is 239 g/mol. The van der Waals surface area contributed by atoms with Crippen molar-refractivity contribution < 1.29 is 18.0 Å². The summed E-state index contributed by atoms with van der Waals surface area (Å²) in [7, 11) is 0. The first-order valence-corrected chi connectivity index (χ1v) is 5.23. The Labute approximate surface area is 95.0 Å². The molecule has 0 aliphatic rings. The molecule has 0 aromatic heterocycles. The van der Waals surface area contributed by atoms with Crippen LogP contribution in [0.3, 0.4) is 0 Å². The van der Waals surface area contributed by atoms with E-state index < -0.39 is 5.51 Å². The number of hydrogen-bond donors (Lipinski definition) is 1. The second-order valence-corrected chi connectivity index (χ2v) is 4.43. The normalized spacial score (nSPS) is 11.5. The number of alkyl halides is 3. The number of benzene rings is 1. The molecule has 0 saturated heterocycles. The molecular formula is C10H10F3NOS. The third-order valence-electron chi connectivity index (χ3n) is 1.79. The molecule has 0 heterocycles. The van der Waals surface area contributed by atoms with Crippen molar-refractivity contribution in [3.63, 3.8) is 0 Å². The summed E-state index contributed by atoms with van der Waals surface area (Å²) in [5.74, 6) is -0.0806. The Bertz CT molecular complexity index is 404. The molecule has 0 fully saturated rings. The van der Waals surface area contributed by atoms with Crippen molar-refractivity contribution in [1.82, 2.24) is 0 Å². The molecule has 0 amide bonds. The van der Waals surface area contributed by atoms with Gasteiger partial charge in [0, 0.05) is 17.0 Å². The fraction of sp³-hybridized carbons (Fsp3) is 0.300. The van der Waals surface area contributed by atoms with Crippen molar-refractivity contribution in [3.05, 3.63) is 23.8 Å². The van der Waals surface area contributed by atoms with Gasteiger partial charge < -0.3 is 5.73 Å². The van der Waals surface area contributed by atoms with Gasteiger partial charge in [-0.15, -0.1) is 0 Å². The monoisotopic (exact) mass is 249 g/mol. The zero-order valence-corrected chi connectivity index (χ0v) is 9.28. The van der Waals surface area contributed by atoms with E-state index in [1.807, 2.05) is 0 Å². The quantitative estimate of drug-likeness (QED) is 0.661. The summed E-state index contributed by atoms with van der Waals surface area (Å²) in [5, 5.41) is 0. The van der Waals surface area contributed by atoms with Crippen molar-refractivity contribution in [3.8, 4) is 0 Å². The summed E-state index contributed by atoms with van der Waals surface area (Å²) < 4.78 is 36.2. The van der Waals surface area contributed by atoms with Crippen molar-refractivity contribution in [2.75, 3.05) is 5.73 Å². The van der Waals surface area contributed by atoms with Crippen LogP contribution in [-0.2, 0) is 11.2 Å². The molecule has 88 valence electrons. The number of ketones is 1. The van der Waals surface area contributed by atoms with Crippen LogP contribution in [-0.4, -0.2) is 11.3 Å². The highest BCUT2D eigenvalue weighted by Crippen LogP contribution is 2.37. The minimum atomic E-state index is -4.32. The highest BCUT2D eigenvalue weighted by Gasteiger charge is 2.29. The van der Waals surface area contributed by atoms with Crippen LogP contribution in [0.1, 0.15) is 12.5 Å². The Morgan fingerprint density at radius 3 is 2.50 bits per heavy atom. The lowest BCUT2D eigenvalue weighted by molar-refractivity contribution is -0.116. The van der Waals surface area contributed by atoms with E-state index in [0.29, 0.717) is 5.56 Å². The maximum Gasteiger partial charge on any atom is 0.446 e. The van der Waals surface area contributed by atoms with Gasteiger partial charge in [-0.05, 0) is 36.4 Å². The van der Waals surface area contributed by atoms with Gasteiger partial charge in [-0.3, -0.25) is 4.79 Å². The molecule has 0 atom stereocenters. The SMILES string of the molecule is CC(=O)Cc1ccc(SC(F)(F)F)cc1N. The number of carbonyl (C=O) groups is 1. The van der Waals surface area contributed by atoms with Crippen LogP contribution in [0, 0.1) is 0 Å². The third kappa shape index (κ3) is 4.14. The van der Waals surface area contributed by atoms with E-state index in [9.17, 15) is 18.0 Å². The fourth-order valence-electron chi connectivity index (χ4n) is 1.20. The van der Waals surface area contributed by atoms with Crippen molar-refractivity contribution in [2.45, 2.75) is 23.7 Å². The van der Waals surface area contributed by atoms with Gasteiger partial charge in [0.2, 0.25) is 0 Å². The fourth-order valence-corrected chi connectivity index (χ4v) is 1.79. The topological polar surface area (TPSA) is 43.1 Å². The number of carbonyl (C=O) groups excluding carboxylic acids is 1. The molecule has 6 heteroatoms. The summed E-state index contributed by atoms with van der Waals surface area (Å²) >= 11 is -0.222. The van der Waals surface area contributed by atoms with Crippen LogP contribution < -0.4 is 5.73 Å². The minimum absolute atomic E-state index is 0.0253. The molecule has 1 aromatic carbocycles. The molecule has 0 aliphatic heterocycles. The molecule has 1 rings (SSSR count). The number of thioether (sulfide) groups is 1. The van der Waals surface area contributed by atoms with Gasteiger partial charge in [0.05, 0.1) is 0 Å². The maximum atomic E-state index is 12.1. The molecule has 0 saturated carbocycles. The largest absolute Gasteiger partial charge is 0.446 e. The summed E-state index contributed by atoms with van der Waals surface area (Å²) in [4.78, 5) is 10.9. The minimum Gasteiger partial charge on any atom is -0.398 e. The predicted molar refractivity (Wildman–Crippen MR) is 57.2 cm³/mol. The van der Waals surface area contributed by atoms with E-state index in [1.165, 1.54) is 25.1 Å². The smallest absolute Gasteiger partial charge is 0.398 e. The second-order valence-electron chi connectivity index (χ2n) is 3.29. The van der Waals surface area contributed by atoms with E-state index in [2.05, 4.69) is 0 Å². The number of halogens is 3. The summed E-state index contributed by atoms with van der Waals surface area (Å²) in [5.41, 5.74) is 2.00. The Hall–Kier alpha value is -1.17. The molecule has 2 N–H and O–H groups in total. The lowest BCUT2D eigenvalue weighted by Gasteiger charge is -2.08. The van der Waals surface area contributed by atoms with E-state index >= 15 is 0 Å². The van der Waals surface area contributed by atoms with E-state index in [4.69, 9.17) is 5.73 Å². The third-order valence-corrected chi connectivity index (χ3v) is 2.51. The first-order valence-electron chi connectivity index (χ1n) is 4.41. The summed E-state index contributed by atoms with van der Waals surface area (Å²) in [6.07, 6.45) is 0.142. The predicted octanol–water partition coefficient (Wildman–Crippen LogP) is 3.01. The summed E-state index contributed by atoms with van der Waals surface area (Å²) in [6, 6.07) is 3.99. The molecule has 16 heavy (non-hydrogen) atoms. The average Bonchev–Trinajstić information content (AvgIpc) is 2.06. The van der Waals surface area contributed by atoms with Crippen molar-refractivity contribution in [1.29, 1.82) is 0 Å². The number of rotatable bonds is 3. The Kier molecular flexibility index (Phi) is 3.85. The van der Waals surface area contributed by atoms with Gasteiger partial charge in [0.1, 0.15) is 5.78 Å². The molecule has 0 radical (unpaired) electrons. The second kappa shape index (κ2) is 4.78.